The lowest BCUT2D eigenvalue weighted by molar-refractivity contribution is -0.168. The van der Waals surface area contributed by atoms with E-state index < -0.39 is 24.7 Å². The van der Waals surface area contributed by atoms with E-state index in [1.165, 1.54) is 6.92 Å². The van der Waals surface area contributed by atoms with Gasteiger partial charge in [0.25, 0.3) is 0 Å². The van der Waals surface area contributed by atoms with Crippen molar-refractivity contribution >= 4 is 5.91 Å². The van der Waals surface area contributed by atoms with Crippen LogP contribution in [0.3, 0.4) is 0 Å². The Morgan fingerprint density at radius 3 is 2.33 bits per heavy atom. The van der Waals surface area contributed by atoms with E-state index in [9.17, 15) is 18.0 Å². The fraction of sp³-hybridized carbons (Fsp3) is 0.833. The average molecular weight is 185 g/mol. The van der Waals surface area contributed by atoms with Crippen LogP contribution in [-0.2, 0) is 4.79 Å². The van der Waals surface area contributed by atoms with Crippen molar-refractivity contribution < 1.29 is 23.1 Å². The summed E-state index contributed by atoms with van der Waals surface area (Å²) in [6, 6.07) is -2.15. The second-order valence-electron chi connectivity index (χ2n) is 2.20. The molecule has 0 rings (SSSR count). The van der Waals surface area contributed by atoms with E-state index in [0.29, 0.717) is 0 Å². The summed E-state index contributed by atoms with van der Waals surface area (Å²) in [5.74, 6) is -0.730. The molecule has 0 radical (unpaired) electrons. The zero-order valence-corrected chi connectivity index (χ0v) is 6.48. The Labute approximate surface area is 67.6 Å². The maximum absolute atomic E-state index is 11.8. The van der Waals surface area contributed by atoms with Crippen molar-refractivity contribution in [2.45, 2.75) is 25.6 Å². The molecule has 72 valence electrons. The number of carbonyl (C=O) groups excluding carboxylic acids is 1. The van der Waals surface area contributed by atoms with Crippen LogP contribution in [0.2, 0.25) is 0 Å². The third-order valence-corrected chi connectivity index (χ3v) is 1.23. The predicted octanol–water partition coefficient (Wildman–Crippen LogP) is 0.436. The van der Waals surface area contributed by atoms with E-state index >= 15 is 0 Å². The molecule has 0 saturated carbocycles. The van der Waals surface area contributed by atoms with Crippen molar-refractivity contribution in [2.75, 3.05) is 6.61 Å². The number of hydrogen-bond acceptors (Lipinski definition) is 2. The van der Waals surface area contributed by atoms with Gasteiger partial charge >= 0.3 is 6.18 Å². The first-order valence-corrected chi connectivity index (χ1v) is 3.38. The predicted molar refractivity (Wildman–Crippen MR) is 35.4 cm³/mol. The van der Waals surface area contributed by atoms with Crippen molar-refractivity contribution in [2.24, 2.45) is 0 Å². The van der Waals surface area contributed by atoms with Gasteiger partial charge in [0.1, 0.15) is 6.04 Å². The standard InChI is InChI=1S/C6H10F3NO2/c1-2-5(12)10-4(3-11)6(7,8)9/h4,11H,2-3H2,1H3,(H,10,12). The summed E-state index contributed by atoms with van der Waals surface area (Å²) in [6.45, 7) is 0.301. The first-order chi connectivity index (χ1) is 5.41. The van der Waals surface area contributed by atoms with Crippen LogP contribution in [0.1, 0.15) is 13.3 Å². The third-order valence-electron chi connectivity index (χ3n) is 1.23. The van der Waals surface area contributed by atoms with Gasteiger partial charge in [-0.15, -0.1) is 0 Å². The van der Waals surface area contributed by atoms with Crippen molar-refractivity contribution in [3.8, 4) is 0 Å². The summed E-state index contributed by atoms with van der Waals surface area (Å²) < 4.78 is 35.5. The molecule has 6 heteroatoms. The topological polar surface area (TPSA) is 49.3 Å². The lowest BCUT2D eigenvalue weighted by Crippen LogP contribution is -2.47. The van der Waals surface area contributed by atoms with Gasteiger partial charge in [-0.3, -0.25) is 4.79 Å². The highest BCUT2D eigenvalue weighted by Gasteiger charge is 2.39. The molecule has 0 aliphatic rings. The molecule has 0 aliphatic carbocycles. The molecule has 0 bridgehead atoms. The number of rotatable bonds is 3. The Morgan fingerprint density at radius 2 is 2.08 bits per heavy atom. The van der Waals surface area contributed by atoms with Gasteiger partial charge in [-0.2, -0.15) is 13.2 Å². The van der Waals surface area contributed by atoms with E-state index in [-0.39, 0.29) is 6.42 Å². The number of amides is 1. The summed E-state index contributed by atoms with van der Waals surface area (Å²) in [6.07, 6.45) is -4.62. The van der Waals surface area contributed by atoms with E-state index in [0.717, 1.165) is 0 Å². The van der Waals surface area contributed by atoms with E-state index in [4.69, 9.17) is 5.11 Å². The minimum atomic E-state index is -4.58. The molecule has 3 nitrogen and oxygen atoms in total. The highest BCUT2D eigenvalue weighted by atomic mass is 19.4. The minimum absolute atomic E-state index is 0.0351. The van der Waals surface area contributed by atoms with Gasteiger partial charge in [0.05, 0.1) is 6.61 Å². The molecule has 0 heterocycles. The SMILES string of the molecule is CCC(=O)NC(CO)C(F)(F)F. The summed E-state index contributed by atoms with van der Waals surface area (Å²) in [5.41, 5.74) is 0. The number of nitrogens with one attached hydrogen (secondary N) is 1. The molecule has 0 spiro atoms. The molecular weight excluding hydrogens is 175 g/mol. The van der Waals surface area contributed by atoms with Gasteiger partial charge in [-0.1, -0.05) is 6.92 Å². The monoisotopic (exact) mass is 185 g/mol. The lowest BCUT2D eigenvalue weighted by Gasteiger charge is -2.18. The number of aliphatic hydroxyl groups excluding tert-OH is 1. The molecule has 12 heavy (non-hydrogen) atoms. The Bertz CT molecular complexity index is 157. The summed E-state index contributed by atoms with van der Waals surface area (Å²) >= 11 is 0. The zero-order valence-electron chi connectivity index (χ0n) is 6.48. The molecule has 1 amide bonds. The van der Waals surface area contributed by atoms with Gasteiger partial charge in [-0.25, -0.2) is 0 Å². The number of carbonyl (C=O) groups is 1. The first-order valence-electron chi connectivity index (χ1n) is 3.38. The van der Waals surface area contributed by atoms with Crippen LogP contribution in [0.4, 0.5) is 13.2 Å². The van der Waals surface area contributed by atoms with Crippen molar-refractivity contribution in [3.05, 3.63) is 0 Å². The largest absolute Gasteiger partial charge is 0.410 e. The van der Waals surface area contributed by atoms with Crippen LogP contribution in [0.25, 0.3) is 0 Å². The molecule has 0 aromatic carbocycles. The quantitative estimate of drug-likeness (QED) is 0.670. The van der Waals surface area contributed by atoms with Crippen LogP contribution in [-0.4, -0.2) is 29.8 Å². The Hall–Kier alpha value is -0.780. The fourth-order valence-corrected chi connectivity index (χ4v) is 0.527. The van der Waals surface area contributed by atoms with Gasteiger partial charge in [-0.05, 0) is 0 Å². The molecule has 1 atom stereocenters. The lowest BCUT2D eigenvalue weighted by atomic mass is 10.3. The summed E-state index contributed by atoms with van der Waals surface area (Å²) in [7, 11) is 0. The van der Waals surface area contributed by atoms with E-state index in [1.54, 1.807) is 5.32 Å². The second-order valence-corrected chi connectivity index (χ2v) is 2.20. The van der Waals surface area contributed by atoms with Gasteiger partial charge in [0.2, 0.25) is 5.91 Å². The summed E-state index contributed by atoms with van der Waals surface area (Å²) in [5, 5.41) is 9.91. The normalized spacial score (nSPS) is 14.1. The first kappa shape index (κ1) is 11.2. The van der Waals surface area contributed by atoms with Crippen LogP contribution in [0.15, 0.2) is 0 Å². The molecule has 0 saturated heterocycles. The van der Waals surface area contributed by atoms with Gasteiger partial charge in [0, 0.05) is 6.42 Å². The van der Waals surface area contributed by atoms with Crippen molar-refractivity contribution in [1.82, 2.24) is 5.32 Å². The summed E-state index contributed by atoms with van der Waals surface area (Å²) in [4.78, 5) is 10.5. The molecule has 0 aromatic heterocycles. The molecule has 1 unspecified atom stereocenters. The number of hydrogen-bond donors (Lipinski definition) is 2. The molecule has 0 aromatic rings. The Balaban J connectivity index is 4.09. The van der Waals surface area contributed by atoms with Crippen LogP contribution in [0, 0.1) is 0 Å². The number of alkyl halides is 3. The zero-order chi connectivity index (χ0) is 9.78. The fourth-order valence-electron chi connectivity index (χ4n) is 0.527. The highest BCUT2D eigenvalue weighted by molar-refractivity contribution is 5.75. The highest BCUT2D eigenvalue weighted by Crippen LogP contribution is 2.19. The molecular formula is C6H10F3NO2. The molecule has 0 fully saturated rings. The molecule has 0 aliphatic heterocycles. The number of aliphatic hydroxyl groups is 1. The van der Waals surface area contributed by atoms with Crippen LogP contribution in [0.5, 0.6) is 0 Å². The number of halogens is 3. The maximum Gasteiger partial charge on any atom is 0.410 e. The maximum atomic E-state index is 11.8. The second kappa shape index (κ2) is 4.30. The van der Waals surface area contributed by atoms with Crippen molar-refractivity contribution in [3.63, 3.8) is 0 Å². The average Bonchev–Trinajstić information content (AvgIpc) is 1.97. The third kappa shape index (κ3) is 3.56. The Morgan fingerprint density at radius 1 is 1.58 bits per heavy atom. The van der Waals surface area contributed by atoms with Crippen LogP contribution < -0.4 is 5.32 Å². The Kier molecular flexibility index (Phi) is 4.02. The van der Waals surface area contributed by atoms with Gasteiger partial charge in [0.15, 0.2) is 0 Å². The van der Waals surface area contributed by atoms with E-state index in [1.807, 2.05) is 0 Å². The van der Waals surface area contributed by atoms with Crippen molar-refractivity contribution in [1.29, 1.82) is 0 Å². The van der Waals surface area contributed by atoms with Gasteiger partial charge < -0.3 is 10.4 Å². The molecule has 2 N–H and O–H groups in total. The smallest absolute Gasteiger partial charge is 0.394 e. The van der Waals surface area contributed by atoms with E-state index in [2.05, 4.69) is 0 Å². The van der Waals surface area contributed by atoms with Crippen LogP contribution >= 0.6 is 0 Å². The minimum Gasteiger partial charge on any atom is -0.394 e.